The number of fused-ring (bicyclic) bond motifs is 1. The summed E-state index contributed by atoms with van der Waals surface area (Å²) in [6, 6.07) is -0.910. The van der Waals surface area contributed by atoms with Crippen LogP contribution in [-0.4, -0.2) is 22.8 Å². The highest BCUT2D eigenvalue weighted by Gasteiger charge is 2.83. The summed E-state index contributed by atoms with van der Waals surface area (Å²) in [5.41, 5.74) is 1.89. The molecule has 3 saturated carbocycles. The molecule has 184 valence electrons. The Kier molecular flexibility index (Phi) is 6.95. The van der Waals surface area contributed by atoms with Crippen LogP contribution in [0.4, 0.5) is 17.6 Å². The molecule has 3 aliphatic carbocycles. The molecule has 0 bridgehead atoms. The fourth-order valence-electron chi connectivity index (χ4n) is 6.00. The Bertz CT molecular complexity index is 924. The number of nitrogens with two attached hydrogens (primary N) is 1. The maximum absolute atomic E-state index is 15.4. The maximum atomic E-state index is 15.4. The fourth-order valence-corrected chi connectivity index (χ4v) is 6.20. The number of carbonyl (C=O) groups is 2. The second kappa shape index (κ2) is 8.96. The quantitative estimate of drug-likeness (QED) is 0.404. The van der Waals surface area contributed by atoms with Gasteiger partial charge in [0.25, 0.3) is 5.92 Å². The van der Waals surface area contributed by atoms with Crippen LogP contribution < -0.4 is 11.1 Å². The van der Waals surface area contributed by atoms with Gasteiger partial charge in [-0.05, 0) is 31.1 Å². The lowest BCUT2D eigenvalue weighted by atomic mass is 9.79. The van der Waals surface area contributed by atoms with Crippen molar-refractivity contribution >= 4 is 23.4 Å². The van der Waals surface area contributed by atoms with Gasteiger partial charge in [-0.25, -0.2) is 17.6 Å². The minimum atomic E-state index is -3.23. The van der Waals surface area contributed by atoms with E-state index in [0.717, 1.165) is 12.8 Å². The molecule has 1 aromatic carbocycles. The Hall–Kier alpha value is -2.03. The summed E-state index contributed by atoms with van der Waals surface area (Å²) in [5, 5.41) is 11.9. The van der Waals surface area contributed by atoms with Gasteiger partial charge in [-0.1, -0.05) is 38.3 Å². The average molecular weight is 493 g/mol. The van der Waals surface area contributed by atoms with E-state index in [0.29, 0.717) is 18.9 Å². The van der Waals surface area contributed by atoms with Gasteiger partial charge in [0.15, 0.2) is 11.6 Å². The van der Waals surface area contributed by atoms with Gasteiger partial charge in [-0.3, -0.25) is 9.59 Å². The molecule has 0 heterocycles. The molecule has 33 heavy (non-hydrogen) atoms. The zero-order chi connectivity index (χ0) is 24.9. The van der Waals surface area contributed by atoms with Gasteiger partial charge in [-0.15, -0.1) is 0 Å². The maximum Gasteiger partial charge on any atom is 0.259 e. The van der Waals surface area contributed by atoms with E-state index in [-0.39, 0.29) is 18.2 Å². The van der Waals surface area contributed by atoms with Gasteiger partial charge >= 0.3 is 0 Å². The smallest absolute Gasteiger partial charge is 0.259 e. The second-order valence-corrected chi connectivity index (χ2v) is 9.95. The topological polar surface area (TPSA) is 92.4 Å². The summed E-state index contributed by atoms with van der Waals surface area (Å²) in [5.74, 6) is -9.92. The Morgan fingerprint density at radius 3 is 2.27 bits per heavy atom. The minimum absolute atomic E-state index is 0.208. The molecule has 10 heteroatoms. The molecule has 0 spiro atoms. The highest BCUT2D eigenvalue weighted by Crippen LogP contribution is 2.80. The van der Waals surface area contributed by atoms with E-state index in [2.05, 4.69) is 11.1 Å². The molecule has 4 rings (SSSR count). The third-order valence-electron chi connectivity index (χ3n) is 7.62. The molecule has 5 unspecified atom stereocenters. The molecule has 5 nitrogen and oxygen atoms in total. The zero-order valence-corrected chi connectivity index (χ0v) is 19.5. The van der Waals surface area contributed by atoms with Crippen LogP contribution in [0.3, 0.4) is 0 Å². The van der Waals surface area contributed by atoms with Crippen molar-refractivity contribution in [2.45, 2.75) is 64.8 Å². The molecule has 5 atom stereocenters. The number of aromatic hydroxyl groups is 1. The van der Waals surface area contributed by atoms with E-state index in [1.54, 1.807) is 6.92 Å². The lowest BCUT2D eigenvalue weighted by molar-refractivity contribution is -0.134. The predicted octanol–water partition coefficient (Wildman–Crippen LogP) is 5.09. The van der Waals surface area contributed by atoms with Gasteiger partial charge < -0.3 is 16.2 Å². The minimum Gasteiger partial charge on any atom is -0.505 e. The molecule has 3 fully saturated rings. The largest absolute Gasteiger partial charge is 0.505 e. The van der Waals surface area contributed by atoms with Crippen LogP contribution in [0.1, 0.15) is 64.5 Å². The molecule has 3 aliphatic rings. The van der Waals surface area contributed by atoms with E-state index in [4.69, 9.17) is 11.6 Å². The summed E-state index contributed by atoms with van der Waals surface area (Å²) < 4.78 is 60.7. The first kappa shape index (κ1) is 25.6. The number of carbonyl (C=O) groups excluding carboxylic acids is 2. The van der Waals surface area contributed by atoms with Crippen molar-refractivity contribution in [1.82, 2.24) is 5.32 Å². The molecule has 0 saturated heterocycles. The number of hydrogen-bond donors (Lipinski definition) is 3. The summed E-state index contributed by atoms with van der Waals surface area (Å²) in [7, 11) is 0. The third-order valence-corrected chi connectivity index (χ3v) is 7.89. The van der Waals surface area contributed by atoms with Gasteiger partial charge in [-0.2, -0.15) is 0 Å². The summed E-state index contributed by atoms with van der Waals surface area (Å²) in [6.07, 6.45) is 3.13. The number of amides is 2. The van der Waals surface area contributed by atoms with E-state index in [1.807, 2.05) is 0 Å². The zero-order valence-electron chi connectivity index (χ0n) is 18.7. The molecule has 1 aromatic rings. The van der Waals surface area contributed by atoms with Crippen molar-refractivity contribution in [3.8, 4) is 5.75 Å². The van der Waals surface area contributed by atoms with E-state index < -0.39 is 69.0 Å². The first-order chi connectivity index (χ1) is 15.3. The van der Waals surface area contributed by atoms with Crippen LogP contribution in [0.5, 0.6) is 5.75 Å². The number of primary amides is 1. The fraction of sp³-hybridized carbons (Fsp3) is 0.652. The van der Waals surface area contributed by atoms with Crippen molar-refractivity contribution in [2.75, 3.05) is 0 Å². The Labute approximate surface area is 195 Å². The van der Waals surface area contributed by atoms with E-state index in [1.165, 1.54) is 13.8 Å². The van der Waals surface area contributed by atoms with Gasteiger partial charge in [0, 0.05) is 24.8 Å². The number of hydrogen-bond acceptors (Lipinski definition) is 3. The molecule has 2 amide bonds. The molecular formula is C23H29ClF4N2O3. The third kappa shape index (κ3) is 4.06. The van der Waals surface area contributed by atoms with Gasteiger partial charge in [0.2, 0.25) is 11.8 Å². The number of phenolic OH excluding ortho intramolecular Hbond substituents is 1. The van der Waals surface area contributed by atoms with Crippen LogP contribution in [0.2, 0.25) is 5.02 Å². The lowest BCUT2D eigenvalue weighted by Crippen LogP contribution is -2.47. The van der Waals surface area contributed by atoms with E-state index in [9.17, 15) is 23.5 Å². The first-order valence-electron chi connectivity index (χ1n) is 11.1. The van der Waals surface area contributed by atoms with Crippen LogP contribution in [-0.2, 0) is 9.59 Å². The number of alkyl halides is 2. The number of phenols is 1. The number of rotatable bonds is 4. The Morgan fingerprint density at radius 2 is 1.76 bits per heavy atom. The molecule has 4 N–H and O–H groups in total. The normalized spacial score (nSPS) is 30.7. The van der Waals surface area contributed by atoms with Crippen molar-refractivity contribution < 1.29 is 32.3 Å². The first-order valence-corrected chi connectivity index (χ1v) is 11.5. The van der Waals surface area contributed by atoms with Gasteiger partial charge in [0.05, 0.1) is 22.0 Å². The van der Waals surface area contributed by atoms with Crippen LogP contribution >= 0.6 is 11.6 Å². The van der Waals surface area contributed by atoms with Crippen molar-refractivity contribution in [2.24, 2.45) is 34.8 Å². The second-order valence-electron chi connectivity index (χ2n) is 9.54. The standard InChI is InChI=1S/C21H24ClF4NO2.C2H5NO/c1-9-7-12-10(2)20(12,21(9,25)26)18(27-19(29)11-5-3-4-6-11)15-16(23)13(22)8-14(28)17(15)24;1-2(3)4/h8-12,18,28H,3-7H2,1-2H3,(H,27,29);1H3,(H2,3,4). The van der Waals surface area contributed by atoms with E-state index >= 15 is 8.78 Å². The van der Waals surface area contributed by atoms with Gasteiger partial charge in [0.1, 0.15) is 5.82 Å². The summed E-state index contributed by atoms with van der Waals surface area (Å²) in [6.45, 7) is 4.35. The van der Waals surface area contributed by atoms with Crippen LogP contribution in [0.15, 0.2) is 6.07 Å². The molecule has 0 aromatic heterocycles. The number of benzene rings is 1. The summed E-state index contributed by atoms with van der Waals surface area (Å²) in [4.78, 5) is 22.1. The van der Waals surface area contributed by atoms with Crippen LogP contribution in [0.25, 0.3) is 0 Å². The van der Waals surface area contributed by atoms with Crippen molar-refractivity contribution in [3.63, 3.8) is 0 Å². The monoisotopic (exact) mass is 492 g/mol. The SMILES string of the molecule is CC(N)=O.CC1CC2C(C)C2(C(NC(=O)C2CCCC2)c2c(F)c(O)cc(Cl)c2F)C1(F)F. The Morgan fingerprint density at radius 1 is 1.21 bits per heavy atom. The predicted molar refractivity (Wildman–Crippen MR) is 115 cm³/mol. The number of halogens is 5. The molecular weight excluding hydrogens is 464 g/mol. The van der Waals surface area contributed by atoms with Crippen molar-refractivity contribution in [1.29, 1.82) is 0 Å². The highest BCUT2D eigenvalue weighted by atomic mass is 35.5. The highest BCUT2D eigenvalue weighted by molar-refractivity contribution is 6.31. The molecule has 0 aliphatic heterocycles. The number of nitrogens with one attached hydrogen (secondary N) is 1. The Balaban J connectivity index is 0.000000709. The average Bonchev–Trinajstić information content (AvgIpc) is 3.05. The summed E-state index contributed by atoms with van der Waals surface area (Å²) >= 11 is 5.80. The molecule has 0 radical (unpaired) electrons. The van der Waals surface area contributed by atoms with Crippen LogP contribution in [0, 0.1) is 40.7 Å². The lowest BCUT2D eigenvalue weighted by Gasteiger charge is -2.36. The van der Waals surface area contributed by atoms with Crippen molar-refractivity contribution in [3.05, 3.63) is 28.3 Å².